The van der Waals surface area contributed by atoms with Crippen LogP contribution in [0.4, 0.5) is 0 Å². The highest BCUT2D eigenvalue weighted by molar-refractivity contribution is 5.32. The molecule has 1 heterocycles. The highest BCUT2D eigenvalue weighted by Crippen LogP contribution is 2.31. The summed E-state index contributed by atoms with van der Waals surface area (Å²) in [4.78, 5) is 2.69. The SMILES string of the molecule is c1ccc(C2CCN(CC3Cc4ccccc4C3)C2)cc1. The third-order valence-electron chi connectivity index (χ3n) is 5.20. The van der Waals surface area contributed by atoms with Gasteiger partial charge in [0.25, 0.3) is 0 Å². The Morgan fingerprint density at radius 2 is 1.52 bits per heavy atom. The summed E-state index contributed by atoms with van der Waals surface area (Å²) in [5, 5.41) is 0. The van der Waals surface area contributed by atoms with Crippen molar-refractivity contribution in [2.24, 2.45) is 5.92 Å². The van der Waals surface area contributed by atoms with Gasteiger partial charge in [-0.25, -0.2) is 0 Å². The monoisotopic (exact) mass is 277 g/mol. The van der Waals surface area contributed by atoms with Crippen LogP contribution < -0.4 is 0 Å². The lowest BCUT2D eigenvalue weighted by Gasteiger charge is -2.20. The number of likely N-dealkylation sites (tertiary alicyclic amines) is 1. The van der Waals surface area contributed by atoms with E-state index in [4.69, 9.17) is 0 Å². The van der Waals surface area contributed by atoms with Crippen molar-refractivity contribution in [2.45, 2.75) is 25.2 Å². The minimum absolute atomic E-state index is 0.745. The molecule has 0 spiro atoms. The molecule has 0 bridgehead atoms. The van der Waals surface area contributed by atoms with Crippen molar-refractivity contribution in [3.05, 3.63) is 71.3 Å². The molecule has 1 atom stereocenters. The predicted molar refractivity (Wildman–Crippen MR) is 87.6 cm³/mol. The maximum Gasteiger partial charge on any atom is 0.00509 e. The van der Waals surface area contributed by atoms with Gasteiger partial charge in [-0.15, -0.1) is 0 Å². The van der Waals surface area contributed by atoms with Crippen molar-refractivity contribution in [1.82, 2.24) is 4.90 Å². The minimum atomic E-state index is 0.745. The van der Waals surface area contributed by atoms with E-state index in [0.717, 1.165) is 11.8 Å². The molecule has 0 N–H and O–H groups in total. The number of hydrogen-bond donors (Lipinski definition) is 0. The molecule has 1 nitrogen and oxygen atoms in total. The van der Waals surface area contributed by atoms with Gasteiger partial charge in [-0.3, -0.25) is 0 Å². The van der Waals surface area contributed by atoms with Crippen molar-refractivity contribution in [2.75, 3.05) is 19.6 Å². The van der Waals surface area contributed by atoms with Gasteiger partial charge in [0.1, 0.15) is 0 Å². The Hall–Kier alpha value is -1.60. The largest absolute Gasteiger partial charge is 0.302 e. The maximum atomic E-state index is 2.69. The Bertz CT molecular complexity index is 579. The van der Waals surface area contributed by atoms with Crippen LogP contribution in [0.2, 0.25) is 0 Å². The first-order valence-electron chi connectivity index (χ1n) is 8.22. The smallest absolute Gasteiger partial charge is 0.00509 e. The van der Waals surface area contributed by atoms with E-state index in [1.807, 2.05) is 0 Å². The van der Waals surface area contributed by atoms with E-state index in [9.17, 15) is 0 Å². The Labute approximate surface area is 127 Å². The van der Waals surface area contributed by atoms with Gasteiger partial charge in [0.15, 0.2) is 0 Å². The first-order chi connectivity index (χ1) is 10.4. The zero-order valence-electron chi connectivity index (χ0n) is 12.5. The minimum Gasteiger partial charge on any atom is -0.302 e. The van der Waals surface area contributed by atoms with Crippen LogP contribution in [0.3, 0.4) is 0 Å². The van der Waals surface area contributed by atoms with Crippen molar-refractivity contribution in [3.63, 3.8) is 0 Å². The van der Waals surface area contributed by atoms with E-state index in [0.29, 0.717) is 0 Å². The van der Waals surface area contributed by atoms with Crippen molar-refractivity contribution in [1.29, 1.82) is 0 Å². The molecule has 1 heteroatoms. The molecule has 1 aliphatic carbocycles. The lowest BCUT2D eigenvalue weighted by Crippen LogP contribution is -2.27. The van der Waals surface area contributed by atoms with Gasteiger partial charge in [0, 0.05) is 13.1 Å². The van der Waals surface area contributed by atoms with Crippen molar-refractivity contribution < 1.29 is 0 Å². The second-order valence-electron chi connectivity index (χ2n) is 6.70. The fourth-order valence-electron chi connectivity index (χ4n) is 4.14. The molecule has 2 aliphatic rings. The molecule has 4 rings (SSSR count). The summed E-state index contributed by atoms with van der Waals surface area (Å²) in [5.41, 5.74) is 4.69. The van der Waals surface area contributed by atoms with E-state index in [-0.39, 0.29) is 0 Å². The molecule has 2 aromatic rings. The van der Waals surface area contributed by atoms with E-state index in [2.05, 4.69) is 59.5 Å². The molecule has 1 saturated heterocycles. The molecule has 0 saturated carbocycles. The first kappa shape index (κ1) is 13.1. The number of rotatable bonds is 3. The number of fused-ring (bicyclic) bond motifs is 1. The molecule has 2 aromatic carbocycles. The van der Waals surface area contributed by atoms with E-state index >= 15 is 0 Å². The quantitative estimate of drug-likeness (QED) is 0.822. The Morgan fingerprint density at radius 1 is 0.857 bits per heavy atom. The van der Waals surface area contributed by atoms with Gasteiger partial charge in [0.05, 0.1) is 0 Å². The van der Waals surface area contributed by atoms with Crippen molar-refractivity contribution in [3.8, 4) is 0 Å². The van der Waals surface area contributed by atoms with Gasteiger partial charge in [-0.05, 0) is 54.3 Å². The van der Waals surface area contributed by atoms with Gasteiger partial charge in [-0.2, -0.15) is 0 Å². The zero-order chi connectivity index (χ0) is 14.1. The third kappa shape index (κ3) is 2.75. The number of nitrogens with zero attached hydrogens (tertiary/aromatic N) is 1. The van der Waals surface area contributed by atoms with Gasteiger partial charge < -0.3 is 4.90 Å². The molecular weight excluding hydrogens is 254 g/mol. The fraction of sp³-hybridized carbons (Fsp3) is 0.400. The lowest BCUT2D eigenvalue weighted by atomic mass is 9.99. The number of hydrogen-bond acceptors (Lipinski definition) is 1. The van der Waals surface area contributed by atoms with Crippen LogP contribution in [0.15, 0.2) is 54.6 Å². The Kier molecular flexibility index (Phi) is 3.52. The van der Waals surface area contributed by atoms with Gasteiger partial charge in [-0.1, -0.05) is 54.6 Å². The lowest BCUT2D eigenvalue weighted by molar-refractivity contribution is 0.279. The second-order valence-corrected chi connectivity index (χ2v) is 6.70. The zero-order valence-corrected chi connectivity index (χ0v) is 12.5. The molecule has 0 aromatic heterocycles. The van der Waals surface area contributed by atoms with E-state index in [1.165, 1.54) is 44.5 Å². The Morgan fingerprint density at radius 3 is 2.24 bits per heavy atom. The molecule has 21 heavy (non-hydrogen) atoms. The van der Waals surface area contributed by atoms with Gasteiger partial charge in [0.2, 0.25) is 0 Å². The van der Waals surface area contributed by atoms with Crippen LogP contribution in [-0.4, -0.2) is 24.5 Å². The third-order valence-corrected chi connectivity index (χ3v) is 5.20. The predicted octanol–water partition coefficient (Wildman–Crippen LogP) is 3.89. The highest BCUT2D eigenvalue weighted by atomic mass is 15.1. The summed E-state index contributed by atoms with van der Waals surface area (Å²) < 4.78 is 0. The van der Waals surface area contributed by atoms with E-state index in [1.54, 1.807) is 11.1 Å². The van der Waals surface area contributed by atoms with Crippen LogP contribution in [0.1, 0.15) is 29.0 Å². The molecule has 0 radical (unpaired) electrons. The fourth-order valence-corrected chi connectivity index (χ4v) is 4.14. The first-order valence-corrected chi connectivity index (χ1v) is 8.22. The van der Waals surface area contributed by atoms with Crippen LogP contribution in [0.25, 0.3) is 0 Å². The topological polar surface area (TPSA) is 3.24 Å². The molecule has 1 aliphatic heterocycles. The average Bonchev–Trinajstić information content (AvgIpc) is 3.14. The van der Waals surface area contributed by atoms with Crippen LogP contribution in [0, 0.1) is 5.92 Å². The summed E-state index contributed by atoms with van der Waals surface area (Å²) >= 11 is 0. The van der Waals surface area contributed by atoms with Gasteiger partial charge >= 0.3 is 0 Å². The molecule has 0 amide bonds. The molecule has 1 fully saturated rings. The van der Waals surface area contributed by atoms with Crippen LogP contribution >= 0.6 is 0 Å². The van der Waals surface area contributed by atoms with Crippen LogP contribution in [-0.2, 0) is 12.8 Å². The highest BCUT2D eigenvalue weighted by Gasteiger charge is 2.28. The molecular formula is C20H23N. The summed E-state index contributed by atoms with van der Waals surface area (Å²) in [6.07, 6.45) is 3.88. The maximum absolute atomic E-state index is 2.69. The van der Waals surface area contributed by atoms with E-state index < -0.39 is 0 Å². The summed E-state index contributed by atoms with van der Waals surface area (Å²) in [6.45, 7) is 3.79. The second kappa shape index (κ2) is 5.65. The molecule has 108 valence electrons. The molecule has 1 unspecified atom stereocenters. The Balaban J connectivity index is 1.36. The average molecular weight is 277 g/mol. The standard InChI is InChI=1S/C20H23N/c1-2-6-17(7-3-1)20-10-11-21(15-20)14-16-12-18-8-4-5-9-19(18)13-16/h1-9,16,20H,10-15H2. The normalized spacial score (nSPS) is 22.6. The number of benzene rings is 2. The van der Waals surface area contributed by atoms with Crippen molar-refractivity contribution >= 4 is 0 Å². The summed E-state index contributed by atoms with van der Waals surface area (Å²) in [5.74, 6) is 1.58. The summed E-state index contributed by atoms with van der Waals surface area (Å²) in [6, 6.07) is 20.0. The summed E-state index contributed by atoms with van der Waals surface area (Å²) in [7, 11) is 0. The van der Waals surface area contributed by atoms with Crippen LogP contribution in [0.5, 0.6) is 0 Å².